The number of carbonyl (C=O) groups is 2. The molecular formula is C14H20O2. The molecule has 0 bridgehead atoms. The molecular weight excluding hydrogens is 200 g/mol. The Labute approximate surface area is 97.7 Å². The summed E-state index contributed by atoms with van der Waals surface area (Å²) in [6.45, 7) is 7.33. The fraction of sp³-hybridized carbons (Fsp3) is 0.429. The predicted molar refractivity (Wildman–Crippen MR) is 66.5 cm³/mol. The average molecular weight is 220 g/mol. The van der Waals surface area contributed by atoms with Gasteiger partial charge in [0.1, 0.15) is 12.1 Å². The van der Waals surface area contributed by atoms with E-state index < -0.39 is 5.41 Å². The van der Waals surface area contributed by atoms with Crippen LogP contribution in [0.2, 0.25) is 0 Å². The molecule has 0 spiro atoms. The highest BCUT2D eigenvalue weighted by atomic mass is 16.1. The van der Waals surface area contributed by atoms with E-state index in [2.05, 4.69) is 0 Å². The molecule has 1 atom stereocenters. The van der Waals surface area contributed by atoms with Crippen LogP contribution in [0.1, 0.15) is 39.7 Å². The molecule has 0 heterocycles. The zero-order valence-corrected chi connectivity index (χ0v) is 10.5. The molecule has 0 aliphatic rings. The van der Waals surface area contributed by atoms with E-state index in [0.29, 0.717) is 0 Å². The maximum absolute atomic E-state index is 11.5. The molecule has 0 amide bonds. The second-order valence-electron chi connectivity index (χ2n) is 3.63. The third-order valence-corrected chi connectivity index (χ3v) is 2.68. The van der Waals surface area contributed by atoms with Gasteiger partial charge in [-0.05, 0) is 19.4 Å². The van der Waals surface area contributed by atoms with Gasteiger partial charge in [0.05, 0.1) is 5.41 Å². The molecule has 16 heavy (non-hydrogen) atoms. The number of rotatable bonds is 4. The Balaban J connectivity index is 0.00000106. The lowest BCUT2D eigenvalue weighted by molar-refractivity contribution is -0.124. The van der Waals surface area contributed by atoms with Crippen molar-refractivity contribution in [1.29, 1.82) is 0 Å². The molecule has 0 saturated carbocycles. The number of benzene rings is 1. The number of Topliss-reactive ketones (excluding diaryl/α,β-unsaturated/α-hetero) is 1. The monoisotopic (exact) mass is 220 g/mol. The Bertz CT molecular complexity index is 330. The van der Waals surface area contributed by atoms with E-state index in [9.17, 15) is 9.59 Å². The smallest absolute Gasteiger partial charge is 0.140 e. The Morgan fingerprint density at radius 3 is 2.12 bits per heavy atom. The number of ketones is 1. The van der Waals surface area contributed by atoms with Crippen LogP contribution in [-0.4, -0.2) is 12.1 Å². The van der Waals surface area contributed by atoms with Crippen molar-refractivity contribution in [3.8, 4) is 0 Å². The summed E-state index contributed by atoms with van der Waals surface area (Å²) < 4.78 is 0. The molecule has 1 aromatic carbocycles. The average Bonchev–Trinajstić information content (AvgIpc) is 2.33. The first-order chi connectivity index (χ1) is 7.61. The quantitative estimate of drug-likeness (QED) is 0.730. The largest absolute Gasteiger partial charge is 0.303 e. The highest BCUT2D eigenvalue weighted by Crippen LogP contribution is 2.27. The molecule has 88 valence electrons. The molecule has 0 N–H and O–H groups in total. The van der Waals surface area contributed by atoms with Gasteiger partial charge < -0.3 is 4.79 Å². The van der Waals surface area contributed by atoms with Gasteiger partial charge in [-0.25, -0.2) is 0 Å². The molecule has 1 aromatic rings. The Kier molecular flexibility index (Phi) is 6.31. The van der Waals surface area contributed by atoms with Crippen LogP contribution < -0.4 is 0 Å². The molecule has 0 aliphatic carbocycles. The minimum atomic E-state index is -0.664. The summed E-state index contributed by atoms with van der Waals surface area (Å²) in [7, 11) is 0. The predicted octanol–water partition coefficient (Wildman–Crippen LogP) is 3.15. The number of aldehydes is 1. The maximum atomic E-state index is 11.5. The van der Waals surface area contributed by atoms with E-state index in [-0.39, 0.29) is 12.2 Å². The second-order valence-corrected chi connectivity index (χ2v) is 3.63. The van der Waals surface area contributed by atoms with Gasteiger partial charge in [0.15, 0.2) is 0 Å². The molecule has 0 aromatic heterocycles. The first-order valence-corrected chi connectivity index (χ1v) is 5.61. The summed E-state index contributed by atoms with van der Waals surface area (Å²) in [5, 5.41) is 0. The minimum absolute atomic E-state index is 0.0239. The van der Waals surface area contributed by atoms with E-state index >= 15 is 0 Å². The van der Waals surface area contributed by atoms with Crippen molar-refractivity contribution in [2.45, 2.75) is 39.5 Å². The molecule has 1 unspecified atom stereocenters. The van der Waals surface area contributed by atoms with Crippen LogP contribution in [0.5, 0.6) is 0 Å². The third-order valence-electron chi connectivity index (χ3n) is 2.68. The van der Waals surface area contributed by atoms with Gasteiger partial charge in [-0.3, -0.25) is 4.79 Å². The molecule has 0 saturated heterocycles. The van der Waals surface area contributed by atoms with Gasteiger partial charge in [0, 0.05) is 6.42 Å². The van der Waals surface area contributed by atoms with E-state index in [0.717, 1.165) is 11.8 Å². The van der Waals surface area contributed by atoms with Crippen LogP contribution >= 0.6 is 0 Å². The van der Waals surface area contributed by atoms with Crippen molar-refractivity contribution in [2.24, 2.45) is 0 Å². The highest BCUT2D eigenvalue weighted by Gasteiger charge is 2.31. The molecule has 1 rings (SSSR count). The molecule has 2 nitrogen and oxygen atoms in total. The summed E-state index contributed by atoms with van der Waals surface area (Å²) in [5.41, 5.74) is 0.239. The second kappa shape index (κ2) is 6.94. The number of carbonyl (C=O) groups excluding carboxylic acids is 2. The fourth-order valence-corrected chi connectivity index (χ4v) is 1.44. The zero-order valence-electron chi connectivity index (χ0n) is 10.5. The van der Waals surface area contributed by atoms with Crippen LogP contribution in [0.4, 0.5) is 0 Å². The van der Waals surface area contributed by atoms with Gasteiger partial charge in [-0.15, -0.1) is 0 Å². The Hall–Kier alpha value is -1.44. The van der Waals surface area contributed by atoms with Crippen molar-refractivity contribution in [2.75, 3.05) is 0 Å². The summed E-state index contributed by atoms with van der Waals surface area (Å²) in [6.07, 6.45) is 1.04. The summed E-state index contributed by atoms with van der Waals surface area (Å²) in [6, 6.07) is 9.41. The van der Waals surface area contributed by atoms with Crippen LogP contribution in [0.3, 0.4) is 0 Å². The fourth-order valence-electron chi connectivity index (χ4n) is 1.44. The normalized spacial score (nSPS) is 13.0. The van der Waals surface area contributed by atoms with Crippen molar-refractivity contribution in [3.63, 3.8) is 0 Å². The number of hydrogen-bond donors (Lipinski definition) is 0. The van der Waals surface area contributed by atoms with E-state index in [1.165, 1.54) is 6.92 Å². The first-order valence-electron chi connectivity index (χ1n) is 5.61. The lowest BCUT2D eigenvalue weighted by Crippen LogP contribution is -2.30. The Morgan fingerprint density at radius 2 is 1.75 bits per heavy atom. The minimum Gasteiger partial charge on any atom is -0.303 e. The molecule has 0 radical (unpaired) electrons. The van der Waals surface area contributed by atoms with Gasteiger partial charge in [-0.1, -0.05) is 44.2 Å². The van der Waals surface area contributed by atoms with E-state index in [1.54, 1.807) is 6.92 Å². The van der Waals surface area contributed by atoms with Crippen LogP contribution in [0.25, 0.3) is 0 Å². The van der Waals surface area contributed by atoms with Crippen molar-refractivity contribution in [1.82, 2.24) is 0 Å². The standard InChI is InChI=1S/C12H14O2.C2H6/c1-10(14)12(2,8-9-13)11-6-4-3-5-7-11;1-2/h3-7,9H,8H2,1-2H3;1-2H3. The summed E-state index contributed by atoms with van der Waals surface area (Å²) >= 11 is 0. The van der Waals surface area contributed by atoms with E-state index in [1.807, 2.05) is 44.2 Å². The van der Waals surface area contributed by atoms with E-state index in [4.69, 9.17) is 0 Å². The summed E-state index contributed by atoms with van der Waals surface area (Å²) in [4.78, 5) is 22.0. The summed E-state index contributed by atoms with van der Waals surface area (Å²) in [5.74, 6) is 0.0239. The SMILES string of the molecule is CC.CC(=O)C(C)(CC=O)c1ccccc1. The lowest BCUT2D eigenvalue weighted by Gasteiger charge is -2.24. The van der Waals surface area contributed by atoms with Crippen LogP contribution in [0, 0.1) is 0 Å². The van der Waals surface area contributed by atoms with Crippen molar-refractivity contribution in [3.05, 3.63) is 35.9 Å². The number of hydrogen-bond acceptors (Lipinski definition) is 2. The maximum Gasteiger partial charge on any atom is 0.140 e. The molecule has 2 heteroatoms. The van der Waals surface area contributed by atoms with Gasteiger partial charge in [0.2, 0.25) is 0 Å². The van der Waals surface area contributed by atoms with Gasteiger partial charge in [0.25, 0.3) is 0 Å². The highest BCUT2D eigenvalue weighted by molar-refractivity contribution is 5.89. The Morgan fingerprint density at radius 1 is 1.25 bits per heavy atom. The van der Waals surface area contributed by atoms with Crippen molar-refractivity contribution >= 4 is 12.1 Å². The zero-order chi connectivity index (χ0) is 12.6. The van der Waals surface area contributed by atoms with Crippen LogP contribution in [0.15, 0.2) is 30.3 Å². The first kappa shape index (κ1) is 14.6. The van der Waals surface area contributed by atoms with Crippen LogP contribution in [-0.2, 0) is 15.0 Å². The topological polar surface area (TPSA) is 34.1 Å². The van der Waals surface area contributed by atoms with Gasteiger partial charge in [-0.2, -0.15) is 0 Å². The third kappa shape index (κ3) is 3.30. The van der Waals surface area contributed by atoms with Crippen molar-refractivity contribution < 1.29 is 9.59 Å². The lowest BCUT2D eigenvalue weighted by atomic mass is 9.77. The molecule has 0 aliphatic heterocycles. The molecule has 0 fully saturated rings. The van der Waals surface area contributed by atoms with Gasteiger partial charge >= 0.3 is 0 Å².